The molecule has 2 amide bonds. The number of aromatic carboxylic acids is 1. The Morgan fingerprint density at radius 2 is 1.88 bits per heavy atom. The minimum atomic E-state index is -1.41. The first-order valence-electron chi connectivity index (χ1n) is 7.18. The first-order valence-corrected chi connectivity index (χ1v) is 8.00. The van der Waals surface area contributed by atoms with Crippen LogP contribution in [-0.2, 0) is 0 Å². The SMILES string of the molecule is COc1ccc2nc(N3C(=O)c4ccc(C(=O)[O-])cc4C3=O)sc2c1. The third-order valence-electron chi connectivity index (χ3n) is 3.90. The summed E-state index contributed by atoms with van der Waals surface area (Å²) >= 11 is 1.18. The van der Waals surface area contributed by atoms with Crippen molar-refractivity contribution < 1.29 is 24.2 Å². The number of carboxylic acid groups (broad SMARTS) is 1. The van der Waals surface area contributed by atoms with Crippen molar-refractivity contribution in [2.24, 2.45) is 0 Å². The van der Waals surface area contributed by atoms with E-state index in [0.29, 0.717) is 11.3 Å². The lowest BCUT2D eigenvalue weighted by atomic mass is 10.1. The Balaban J connectivity index is 1.80. The fourth-order valence-corrected chi connectivity index (χ4v) is 3.65. The highest BCUT2D eigenvalue weighted by Crippen LogP contribution is 2.35. The zero-order valence-electron chi connectivity index (χ0n) is 12.8. The number of ether oxygens (including phenoxy) is 1. The second kappa shape index (κ2) is 5.38. The maximum Gasteiger partial charge on any atom is 0.268 e. The maximum absolute atomic E-state index is 12.6. The minimum Gasteiger partial charge on any atom is -0.545 e. The quantitative estimate of drug-likeness (QED) is 0.661. The van der Waals surface area contributed by atoms with Crippen molar-refractivity contribution in [2.75, 3.05) is 12.0 Å². The summed E-state index contributed by atoms with van der Waals surface area (Å²) < 4.78 is 5.92. The van der Waals surface area contributed by atoms with E-state index in [1.54, 1.807) is 25.3 Å². The lowest BCUT2D eigenvalue weighted by Gasteiger charge is -2.08. The van der Waals surface area contributed by atoms with Gasteiger partial charge in [-0.25, -0.2) is 9.88 Å². The first kappa shape index (κ1) is 15.3. The number of fused-ring (bicyclic) bond motifs is 2. The number of benzene rings is 2. The Morgan fingerprint density at radius 3 is 2.60 bits per heavy atom. The molecule has 0 spiro atoms. The summed E-state index contributed by atoms with van der Waals surface area (Å²) in [6, 6.07) is 8.95. The normalized spacial score (nSPS) is 13.4. The zero-order valence-corrected chi connectivity index (χ0v) is 13.6. The number of carboxylic acids is 1. The lowest BCUT2D eigenvalue weighted by Crippen LogP contribution is -2.29. The standard InChI is InChI=1S/C17H10N2O5S/c1-24-9-3-5-12-13(7-9)25-17(18-12)19-14(20)10-4-2-8(16(22)23)6-11(10)15(19)21/h2-7H,1H3,(H,22,23)/p-1. The molecule has 25 heavy (non-hydrogen) atoms. The number of nitrogens with zero attached hydrogens (tertiary/aromatic N) is 2. The van der Waals surface area contributed by atoms with Gasteiger partial charge in [0.1, 0.15) is 5.75 Å². The van der Waals surface area contributed by atoms with Gasteiger partial charge < -0.3 is 14.6 Å². The van der Waals surface area contributed by atoms with Gasteiger partial charge in [0.15, 0.2) is 0 Å². The van der Waals surface area contributed by atoms with Crippen LogP contribution < -0.4 is 14.7 Å². The molecular weight excluding hydrogens is 344 g/mol. The number of hydrogen-bond acceptors (Lipinski definition) is 7. The van der Waals surface area contributed by atoms with Gasteiger partial charge in [0.2, 0.25) is 5.13 Å². The van der Waals surface area contributed by atoms with Crippen molar-refractivity contribution in [3.63, 3.8) is 0 Å². The number of anilines is 1. The Labute approximate surface area is 145 Å². The number of amides is 2. The zero-order chi connectivity index (χ0) is 17.7. The number of rotatable bonds is 3. The van der Waals surface area contributed by atoms with E-state index in [2.05, 4.69) is 4.98 Å². The third kappa shape index (κ3) is 2.26. The van der Waals surface area contributed by atoms with Crippen LogP contribution in [0.15, 0.2) is 36.4 Å². The predicted molar refractivity (Wildman–Crippen MR) is 88.1 cm³/mol. The summed E-state index contributed by atoms with van der Waals surface area (Å²) in [5.74, 6) is -1.90. The van der Waals surface area contributed by atoms with Gasteiger partial charge in [-0.2, -0.15) is 0 Å². The number of thiazole rings is 1. The molecular formula is C17H9N2O5S-. The molecule has 3 aromatic rings. The highest BCUT2D eigenvalue weighted by atomic mass is 32.1. The van der Waals surface area contributed by atoms with Gasteiger partial charge in [0.05, 0.1) is 34.4 Å². The number of aromatic nitrogens is 1. The molecule has 1 aliphatic rings. The molecule has 4 rings (SSSR count). The van der Waals surface area contributed by atoms with Crippen molar-refractivity contribution in [3.05, 3.63) is 53.1 Å². The monoisotopic (exact) mass is 353 g/mol. The van der Waals surface area contributed by atoms with Gasteiger partial charge in [-0.15, -0.1) is 0 Å². The van der Waals surface area contributed by atoms with Gasteiger partial charge in [-0.3, -0.25) is 9.59 Å². The Bertz CT molecular complexity index is 1070. The molecule has 0 aliphatic carbocycles. The van der Waals surface area contributed by atoms with Crippen LogP contribution >= 0.6 is 11.3 Å². The van der Waals surface area contributed by atoms with Crippen LogP contribution in [0.25, 0.3) is 10.2 Å². The second-order valence-corrected chi connectivity index (χ2v) is 6.33. The van der Waals surface area contributed by atoms with E-state index >= 15 is 0 Å². The van der Waals surface area contributed by atoms with E-state index < -0.39 is 17.8 Å². The highest BCUT2D eigenvalue weighted by molar-refractivity contribution is 7.22. The Kier molecular flexibility index (Phi) is 3.29. The molecule has 0 N–H and O–H groups in total. The molecule has 1 aliphatic heterocycles. The Morgan fingerprint density at radius 1 is 1.12 bits per heavy atom. The summed E-state index contributed by atoms with van der Waals surface area (Å²) in [7, 11) is 1.54. The summed E-state index contributed by atoms with van der Waals surface area (Å²) in [4.78, 5) is 41.5. The predicted octanol–water partition coefficient (Wildman–Crippen LogP) is 1.47. The van der Waals surface area contributed by atoms with Gasteiger partial charge in [0.25, 0.3) is 11.8 Å². The molecule has 0 atom stereocenters. The summed E-state index contributed by atoms with van der Waals surface area (Å²) in [6.07, 6.45) is 0. The molecule has 0 saturated heterocycles. The topological polar surface area (TPSA) is 99.6 Å². The van der Waals surface area contributed by atoms with Crippen LogP contribution in [0.4, 0.5) is 5.13 Å². The van der Waals surface area contributed by atoms with Crippen molar-refractivity contribution in [1.29, 1.82) is 0 Å². The van der Waals surface area contributed by atoms with Gasteiger partial charge in [-0.1, -0.05) is 17.4 Å². The molecule has 0 saturated carbocycles. The molecule has 2 aromatic carbocycles. The van der Waals surface area contributed by atoms with Gasteiger partial charge in [0, 0.05) is 0 Å². The number of methoxy groups -OCH3 is 1. The molecule has 0 fully saturated rings. The first-order chi connectivity index (χ1) is 12.0. The lowest BCUT2D eigenvalue weighted by molar-refractivity contribution is -0.255. The van der Waals surface area contributed by atoms with E-state index in [4.69, 9.17) is 4.74 Å². The molecule has 7 nitrogen and oxygen atoms in total. The molecule has 124 valence electrons. The summed E-state index contributed by atoms with van der Waals surface area (Å²) in [6.45, 7) is 0. The molecule has 0 bridgehead atoms. The molecule has 0 radical (unpaired) electrons. The average molecular weight is 353 g/mol. The Hall–Kier alpha value is -3.26. The van der Waals surface area contributed by atoms with Gasteiger partial charge >= 0.3 is 0 Å². The number of carbonyl (C=O) groups excluding carboxylic acids is 3. The van der Waals surface area contributed by atoms with Crippen LogP contribution in [0.2, 0.25) is 0 Å². The molecule has 2 heterocycles. The molecule has 0 unspecified atom stereocenters. The van der Waals surface area contributed by atoms with E-state index in [9.17, 15) is 19.5 Å². The van der Waals surface area contributed by atoms with Crippen molar-refractivity contribution in [3.8, 4) is 5.75 Å². The van der Waals surface area contributed by atoms with Crippen LogP contribution in [-0.4, -0.2) is 29.9 Å². The smallest absolute Gasteiger partial charge is 0.268 e. The fraction of sp³-hybridized carbons (Fsp3) is 0.0588. The fourth-order valence-electron chi connectivity index (χ4n) is 2.66. The number of carbonyl (C=O) groups is 3. The number of imide groups is 1. The summed E-state index contributed by atoms with van der Waals surface area (Å²) in [5.41, 5.74) is 0.652. The number of hydrogen-bond donors (Lipinski definition) is 0. The minimum absolute atomic E-state index is 0.0311. The van der Waals surface area contributed by atoms with Gasteiger partial charge in [-0.05, 0) is 35.9 Å². The van der Waals surface area contributed by atoms with E-state index in [1.165, 1.54) is 23.5 Å². The van der Waals surface area contributed by atoms with Crippen LogP contribution in [0.1, 0.15) is 31.1 Å². The van der Waals surface area contributed by atoms with E-state index in [-0.39, 0.29) is 21.8 Å². The van der Waals surface area contributed by atoms with Crippen molar-refractivity contribution in [2.45, 2.75) is 0 Å². The average Bonchev–Trinajstić information content (AvgIpc) is 3.12. The molecule has 1 aromatic heterocycles. The largest absolute Gasteiger partial charge is 0.545 e. The van der Waals surface area contributed by atoms with E-state index in [0.717, 1.165) is 15.7 Å². The second-order valence-electron chi connectivity index (χ2n) is 5.32. The summed E-state index contributed by atoms with van der Waals surface area (Å²) in [5, 5.41) is 11.2. The maximum atomic E-state index is 12.6. The molecule has 8 heteroatoms. The van der Waals surface area contributed by atoms with Crippen molar-refractivity contribution in [1.82, 2.24) is 4.98 Å². The van der Waals surface area contributed by atoms with Crippen LogP contribution in [0.5, 0.6) is 5.75 Å². The van der Waals surface area contributed by atoms with Crippen molar-refractivity contribution >= 4 is 44.5 Å². The van der Waals surface area contributed by atoms with Crippen LogP contribution in [0, 0.1) is 0 Å². The highest BCUT2D eigenvalue weighted by Gasteiger charge is 2.38. The third-order valence-corrected chi connectivity index (χ3v) is 4.90. The van der Waals surface area contributed by atoms with Crippen LogP contribution in [0.3, 0.4) is 0 Å². The van der Waals surface area contributed by atoms with E-state index in [1.807, 2.05) is 0 Å².